The molecule has 1 atom stereocenters. The Balaban J connectivity index is 1.89. The number of rotatable bonds is 5. The summed E-state index contributed by atoms with van der Waals surface area (Å²) in [4.78, 5) is 2.40. The molecular formula is C15H24N2O2. The van der Waals surface area contributed by atoms with E-state index in [1.807, 2.05) is 12.1 Å². The van der Waals surface area contributed by atoms with E-state index in [-0.39, 0.29) is 5.75 Å². The van der Waals surface area contributed by atoms with Crippen molar-refractivity contribution < 1.29 is 9.84 Å². The third kappa shape index (κ3) is 4.11. The average molecular weight is 264 g/mol. The van der Waals surface area contributed by atoms with Gasteiger partial charge in [0.15, 0.2) is 0 Å². The maximum atomic E-state index is 9.43. The molecule has 1 aliphatic heterocycles. The van der Waals surface area contributed by atoms with Crippen LogP contribution in [0.3, 0.4) is 0 Å². The summed E-state index contributed by atoms with van der Waals surface area (Å²) in [5, 5.41) is 9.43. The Morgan fingerprint density at radius 1 is 1.47 bits per heavy atom. The van der Waals surface area contributed by atoms with E-state index in [4.69, 9.17) is 10.5 Å². The molecule has 0 aromatic heterocycles. The Hall–Kier alpha value is -1.26. The summed E-state index contributed by atoms with van der Waals surface area (Å²) in [6.45, 7) is 5.95. The van der Waals surface area contributed by atoms with E-state index in [0.717, 1.165) is 44.6 Å². The molecule has 0 radical (unpaired) electrons. The molecule has 0 saturated carbocycles. The maximum Gasteiger partial charge on any atom is 0.138 e. The quantitative estimate of drug-likeness (QED) is 0.633. The molecule has 0 spiro atoms. The van der Waals surface area contributed by atoms with Gasteiger partial charge in [0.05, 0.1) is 11.8 Å². The summed E-state index contributed by atoms with van der Waals surface area (Å²) in [6, 6.07) is 5.45. The second-order valence-corrected chi connectivity index (χ2v) is 5.26. The molecule has 4 heteroatoms. The van der Waals surface area contributed by atoms with Gasteiger partial charge in [0.2, 0.25) is 0 Å². The number of anilines is 1. The number of nitrogen functional groups attached to an aromatic ring is 1. The molecule has 1 aromatic rings. The number of aromatic hydroxyl groups is 1. The molecule has 0 bridgehead atoms. The summed E-state index contributed by atoms with van der Waals surface area (Å²) in [7, 11) is 0. The number of nitrogens with two attached hydrogens (primary N) is 1. The summed E-state index contributed by atoms with van der Waals surface area (Å²) >= 11 is 0. The fraction of sp³-hybridized carbons (Fsp3) is 0.600. The topological polar surface area (TPSA) is 58.7 Å². The number of piperidine rings is 1. The lowest BCUT2D eigenvalue weighted by Crippen LogP contribution is -2.39. The summed E-state index contributed by atoms with van der Waals surface area (Å²) in [5.41, 5.74) is 7.32. The predicted molar refractivity (Wildman–Crippen MR) is 77.1 cm³/mol. The molecule has 1 unspecified atom stereocenters. The lowest BCUT2D eigenvalue weighted by atomic mass is 10.1. The van der Waals surface area contributed by atoms with E-state index in [0.29, 0.717) is 11.8 Å². The fourth-order valence-corrected chi connectivity index (χ4v) is 2.54. The van der Waals surface area contributed by atoms with Gasteiger partial charge in [0, 0.05) is 19.7 Å². The minimum atomic E-state index is 0.159. The van der Waals surface area contributed by atoms with Crippen LogP contribution in [-0.4, -0.2) is 35.8 Å². The van der Waals surface area contributed by atoms with Crippen molar-refractivity contribution in [2.24, 2.45) is 0 Å². The van der Waals surface area contributed by atoms with Crippen molar-refractivity contribution in [3.05, 3.63) is 23.8 Å². The predicted octanol–water partition coefficient (Wildman–Crippen LogP) is 2.37. The van der Waals surface area contributed by atoms with Gasteiger partial charge in [0.25, 0.3) is 0 Å². The molecule has 0 amide bonds. The Bertz CT molecular complexity index is 409. The van der Waals surface area contributed by atoms with Crippen molar-refractivity contribution >= 4 is 5.69 Å². The van der Waals surface area contributed by atoms with E-state index in [2.05, 4.69) is 11.8 Å². The molecule has 106 valence electrons. The highest BCUT2D eigenvalue weighted by Crippen LogP contribution is 2.22. The molecule has 1 aromatic carbocycles. The lowest BCUT2D eigenvalue weighted by Gasteiger charge is -2.32. The summed E-state index contributed by atoms with van der Waals surface area (Å²) in [5.74, 6) is 0.159. The molecule has 1 saturated heterocycles. The molecule has 1 aliphatic rings. The first-order chi connectivity index (χ1) is 9.19. The Labute approximate surface area is 115 Å². The van der Waals surface area contributed by atoms with E-state index >= 15 is 0 Å². The molecular weight excluding hydrogens is 240 g/mol. The second kappa shape index (κ2) is 6.78. The van der Waals surface area contributed by atoms with E-state index in [1.54, 1.807) is 6.07 Å². The number of phenolic OH excluding ortho intramolecular Hbond substituents is 1. The lowest BCUT2D eigenvalue weighted by molar-refractivity contribution is -0.00222. The molecule has 3 N–H and O–H groups in total. The first kappa shape index (κ1) is 14.2. The zero-order valence-electron chi connectivity index (χ0n) is 11.6. The smallest absolute Gasteiger partial charge is 0.138 e. The Morgan fingerprint density at radius 3 is 3.05 bits per heavy atom. The van der Waals surface area contributed by atoms with Gasteiger partial charge in [-0.3, -0.25) is 4.90 Å². The van der Waals surface area contributed by atoms with Crippen LogP contribution < -0.4 is 5.73 Å². The number of nitrogens with zero attached hydrogens (tertiary/aromatic N) is 1. The van der Waals surface area contributed by atoms with Crippen molar-refractivity contribution in [2.75, 3.05) is 25.4 Å². The largest absolute Gasteiger partial charge is 0.506 e. The van der Waals surface area contributed by atoms with Crippen molar-refractivity contribution in [3.63, 3.8) is 0 Å². The van der Waals surface area contributed by atoms with E-state index in [1.165, 1.54) is 6.42 Å². The number of hydrogen-bond acceptors (Lipinski definition) is 4. The highest BCUT2D eigenvalue weighted by molar-refractivity contribution is 5.53. The first-order valence-electron chi connectivity index (χ1n) is 7.10. The van der Waals surface area contributed by atoms with Gasteiger partial charge in [-0.25, -0.2) is 0 Å². The molecule has 2 rings (SSSR count). The van der Waals surface area contributed by atoms with Gasteiger partial charge < -0.3 is 15.6 Å². The van der Waals surface area contributed by atoms with Crippen LogP contribution in [0.1, 0.15) is 31.7 Å². The van der Waals surface area contributed by atoms with Gasteiger partial charge in [-0.05, 0) is 43.5 Å². The zero-order chi connectivity index (χ0) is 13.7. The van der Waals surface area contributed by atoms with Crippen molar-refractivity contribution in [2.45, 2.75) is 38.8 Å². The molecule has 1 fully saturated rings. The summed E-state index contributed by atoms with van der Waals surface area (Å²) < 4.78 is 5.84. The van der Waals surface area contributed by atoms with Crippen LogP contribution >= 0.6 is 0 Å². The van der Waals surface area contributed by atoms with Gasteiger partial charge in [-0.2, -0.15) is 0 Å². The normalized spacial score (nSPS) is 20.6. The number of ether oxygens (including phenoxy) is 1. The average Bonchev–Trinajstić information content (AvgIpc) is 2.41. The minimum Gasteiger partial charge on any atom is -0.506 e. The van der Waals surface area contributed by atoms with Gasteiger partial charge in [0.1, 0.15) is 5.75 Å². The minimum absolute atomic E-state index is 0.159. The fourth-order valence-electron chi connectivity index (χ4n) is 2.54. The number of likely N-dealkylation sites (tertiary alicyclic amines) is 1. The number of benzene rings is 1. The third-order valence-corrected chi connectivity index (χ3v) is 3.52. The van der Waals surface area contributed by atoms with Crippen LogP contribution in [0, 0.1) is 0 Å². The van der Waals surface area contributed by atoms with Gasteiger partial charge in [-0.1, -0.05) is 13.0 Å². The third-order valence-electron chi connectivity index (χ3n) is 3.52. The SMILES string of the molecule is CCCOC1CCCN(Cc2ccc(O)c(N)c2)C1. The highest BCUT2D eigenvalue weighted by atomic mass is 16.5. The second-order valence-electron chi connectivity index (χ2n) is 5.26. The number of hydrogen-bond donors (Lipinski definition) is 2. The van der Waals surface area contributed by atoms with E-state index < -0.39 is 0 Å². The van der Waals surface area contributed by atoms with Crippen molar-refractivity contribution in [3.8, 4) is 5.75 Å². The Morgan fingerprint density at radius 2 is 2.32 bits per heavy atom. The van der Waals surface area contributed by atoms with Crippen LogP contribution in [0.2, 0.25) is 0 Å². The summed E-state index contributed by atoms with van der Waals surface area (Å²) in [6.07, 6.45) is 3.78. The number of phenols is 1. The van der Waals surface area contributed by atoms with Crippen LogP contribution in [0.4, 0.5) is 5.69 Å². The standard InChI is InChI=1S/C15H24N2O2/c1-2-8-19-13-4-3-7-17(11-13)10-12-5-6-15(18)14(16)9-12/h5-6,9,13,18H,2-4,7-8,10-11,16H2,1H3. The molecule has 1 heterocycles. The monoisotopic (exact) mass is 264 g/mol. The molecule has 19 heavy (non-hydrogen) atoms. The molecule has 0 aliphatic carbocycles. The van der Waals surface area contributed by atoms with Gasteiger partial charge in [-0.15, -0.1) is 0 Å². The van der Waals surface area contributed by atoms with Crippen molar-refractivity contribution in [1.82, 2.24) is 4.90 Å². The van der Waals surface area contributed by atoms with Crippen LogP contribution in [-0.2, 0) is 11.3 Å². The molecule has 4 nitrogen and oxygen atoms in total. The first-order valence-corrected chi connectivity index (χ1v) is 7.10. The van der Waals surface area contributed by atoms with E-state index in [9.17, 15) is 5.11 Å². The van der Waals surface area contributed by atoms with Gasteiger partial charge >= 0.3 is 0 Å². The van der Waals surface area contributed by atoms with Crippen molar-refractivity contribution in [1.29, 1.82) is 0 Å². The van der Waals surface area contributed by atoms with Crippen LogP contribution in [0.25, 0.3) is 0 Å². The van der Waals surface area contributed by atoms with Crippen LogP contribution in [0.15, 0.2) is 18.2 Å². The maximum absolute atomic E-state index is 9.43. The zero-order valence-corrected chi connectivity index (χ0v) is 11.6. The van der Waals surface area contributed by atoms with Crippen LogP contribution in [0.5, 0.6) is 5.75 Å². The Kier molecular flexibility index (Phi) is 5.05. The highest BCUT2D eigenvalue weighted by Gasteiger charge is 2.20.